The average Bonchev–Trinajstić information content (AvgIpc) is 2.14. The summed E-state index contributed by atoms with van der Waals surface area (Å²) in [4.78, 5) is 10.0. The Morgan fingerprint density at radius 1 is 1.75 bits per heavy atom. The quantitative estimate of drug-likeness (QED) is 0.452. The van der Waals surface area contributed by atoms with Gasteiger partial charge in [-0.3, -0.25) is 0 Å². The zero-order valence-electron chi connectivity index (χ0n) is 4.12. The van der Waals surface area contributed by atoms with E-state index >= 15 is 0 Å². The number of ether oxygens (including phenoxy) is 2. The fourth-order valence-electron chi connectivity index (χ4n) is 0.447. The molecule has 45 valence electrons. The van der Waals surface area contributed by atoms with Gasteiger partial charge in [-0.05, 0) is 0 Å². The van der Waals surface area contributed by atoms with Crippen molar-refractivity contribution in [3.05, 3.63) is 0 Å². The molecule has 0 aromatic heterocycles. The van der Waals surface area contributed by atoms with Crippen LogP contribution in [0.4, 0.5) is 4.79 Å². The van der Waals surface area contributed by atoms with Crippen LogP contribution in [-0.4, -0.2) is 25.5 Å². The molecule has 1 heterocycles. The van der Waals surface area contributed by atoms with Crippen molar-refractivity contribution < 1.29 is 19.4 Å². The van der Waals surface area contributed by atoms with Gasteiger partial charge in [0, 0.05) is 0 Å². The number of carbonyl (C=O) groups is 1. The summed E-state index contributed by atoms with van der Waals surface area (Å²) >= 11 is 0. The van der Waals surface area contributed by atoms with Crippen molar-refractivity contribution >= 4 is 6.16 Å². The first-order chi connectivity index (χ1) is 3.83. The van der Waals surface area contributed by atoms with Gasteiger partial charge < -0.3 is 9.47 Å². The van der Waals surface area contributed by atoms with Crippen molar-refractivity contribution in [1.82, 2.24) is 0 Å². The number of carbonyl (C=O) groups excluding carboxylic acids is 1. The molecule has 0 aliphatic carbocycles. The SMILES string of the molecule is [O]CC1COC(=O)O1. The van der Waals surface area contributed by atoms with Gasteiger partial charge in [0.2, 0.25) is 0 Å². The van der Waals surface area contributed by atoms with Gasteiger partial charge in [0.15, 0.2) is 6.10 Å². The van der Waals surface area contributed by atoms with Crippen molar-refractivity contribution in [2.45, 2.75) is 6.10 Å². The third-order valence-electron chi connectivity index (χ3n) is 0.836. The predicted molar refractivity (Wildman–Crippen MR) is 21.8 cm³/mol. The van der Waals surface area contributed by atoms with Crippen LogP contribution in [0.3, 0.4) is 0 Å². The van der Waals surface area contributed by atoms with E-state index in [9.17, 15) is 9.90 Å². The van der Waals surface area contributed by atoms with Gasteiger partial charge in [-0.1, -0.05) is 0 Å². The second-order valence-corrected chi connectivity index (χ2v) is 1.47. The topological polar surface area (TPSA) is 55.4 Å². The lowest BCUT2D eigenvalue weighted by atomic mass is 10.4. The molecular weight excluding hydrogens is 112 g/mol. The highest BCUT2D eigenvalue weighted by Crippen LogP contribution is 2.03. The van der Waals surface area contributed by atoms with Crippen LogP contribution in [0.1, 0.15) is 0 Å². The molecule has 1 fully saturated rings. The van der Waals surface area contributed by atoms with Crippen molar-refractivity contribution in [2.24, 2.45) is 0 Å². The minimum absolute atomic E-state index is 0.113. The lowest BCUT2D eigenvalue weighted by Gasteiger charge is -1.94. The lowest BCUT2D eigenvalue weighted by molar-refractivity contribution is 0.0634. The first kappa shape index (κ1) is 5.37. The Morgan fingerprint density at radius 3 is 2.75 bits per heavy atom. The molecule has 0 aromatic carbocycles. The molecular formula is C4H5O4. The minimum atomic E-state index is -0.731. The molecule has 1 unspecified atom stereocenters. The molecule has 1 aliphatic rings. The summed E-state index contributed by atoms with van der Waals surface area (Å²) < 4.78 is 8.63. The van der Waals surface area contributed by atoms with E-state index in [0.29, 0.717) is 0 Å². The fourth-order valence-corrected chi connectivity index (χ4v) is 0.447. The minimum Gasteiger partial charge on any atom is -0.430 e. The van der Waals surface area contributed by atoms with E-state index in [-0.39, 0.29) is 6.61 Å². The van der Waals surface area contributed by atoms with E-state index < -0.39 is 18.9 Å². The smallest absolute Gasteiger partial charge is 0.430 e. The van der Waals surface area contributed by atoms with Crippen molar-refractivity contribution in [3.63, 3.8) is 0 Å². The maximum Gasteiger partial charge on any atom is 0.508 e. The molecule has 1 radical (unpaired) electrons. The Morgan fingerprint density at radius 2 is 2.50 bits per heavy atom. The van der Waals surface area contributed by atoms with Crippen LogP contribution in [0.5, 0.6) is 0 Å². The van der Waals surface area contributed by atoms with E-state index in [0.717, 1.165) is 0 Å². The highest BCUT2D eigenvalue weighted by Gasteiger charge is 2.23. The van der Waals surface area contributed by atoms with Gasteiger partial charge in [0.25, 0.3) is 0 Å². The van der Waals surface area contributed by atoms with Gasteiger partial charge in [-0.25, -0.2) is 9.90 Å². The third-order valence-corrected chi connectivity index (χ3v) is 0.836. The maximum atomic E-state index is 10.0. The first-order valence-electron chi connectivity index (χ1n) is 2.24. The van der Waals surface area contributed by atoms with Crippen LogP contribution in [0.2, 0.25) is 0 Å². The average molecular weight is 117 g/mol. The van der Waals surface area contributed by atoms with Gasteiger partial charge in [0.05, 0.1) is 0 Å². The predicted octanol–water partition coefficient (Wildman–Crippen LogP) is -0.0477. The first-order valence-corrected chi connectivity index (χ1v) is 2.24. The molecule has 0 aromatic rings. The number of cyclic esters (lactones) is 2. The molecule has 0 bridgehead atoms. The standard InChI is InChI=1S/C4H5O4/c5-1-3-2-7-4(6)8-3/h3H,1-2H2. The molecule has 1 aliphatic heterocycles. The maximum absolute atomic E-state index is 10.0. The lowest BCUT2D eigenvalue weighted by Crippen LogP contribution is -2.13. The molecule has 8 heavy (non-hydrogen) atoms. The second kappa shape index (κ2) is 2.00. The van der Waals surface area contributed by atoms with Gasteiger partial charge in [-0.2, -0.15) is 0 Å². The number of hydrogen-bond donors (Lipinski definition) is 0. The Labute approximate surface area is 46.0 Å². The normalized spacial score (nSPS) is 27.1. The van der Waals surface area contributed by atoms with Crippen LogP contribution in [0, 0.1) is 0 Å². The van der Waals surface area contributed by atoms with Crippen molar-refractivity contribution in [2.75, 3.05) is 13.2 Å². The van der Waals surface area contributed by atoms with E-state index in [1.54, 1.807) is 0 Å². The third kappa shape index (κ3) is 0.894. The summed E-state index contributed by atoms with van der Waals surface area (Å²) in [5, 5.41) is 9.92. The number of rotatable bonds is 1. The molecule has 1 saturated heterocycles. The monoisotopic (exact) mass is 117 g/mol. The van der Waals surface area contributed by atoms with Gasteiger partial charge in [-0.15, -0.1) is 0 Å². The molecule has 0 saturated carbocycles. The zero-order valence-corrected chi connectivity index (χ0v) is 4.12. The van der Waals surface area contributed by atoms with E-state index in [4.69, 9.17) is 0 Å². The Kier molecular flexibility index (Phi) is 1.34. The molecule has 0 amide bonds. The summed E-state index contributed by atoms with van der Waals surface area (Å²) in [6, 6.07) is 0. The van der Waals surface area contributed by atoms with Crippen LogP contribution in [0.25, 0.3) is 0 Å². The van der Waals surface area contributed by atoms with E-state index in [2.05, 4.69) is 9.47 Å². The van der Waals surface area contributed by atoms with Crippen LogP contribution < -0.4 is 0 Å². The van der Waals surface area contributed by atoms with Gasteiger partial charge >= 0.3 is 6.16 Å². The van der Waals surface area contributed by atoms with Crippen molar-refractivity contribution in [1.29, 1.82) is 0 Å². The van der Waals surface area contributed by atoms with Crippen molar-refractivity contribution in [3.8, 4) is 0 Å². The number of hydrogen-bond acceptors (Lipinski definition) is 3. The molecule has 1 atom stereocenters. The summed E-state index contributed by atoms with van der Waals surface area (Å²) in [6.07, 6.45) is -1.28. The summed E-state index contributed by atoms with van der Waals surface area (Å²) in [6.45, 7) is -0.298. The summed E-state index contributed by atoms with van der Waals surface area (Å²) in [5.41, 5.74) is 0. The van der Waals surface area contributed by atoms with E-state index in [1.165, 1.54) is 0 Å². The molecule has 0 N–H and O–H groups in total. The zero-order chi connectivity index (χ0) is 5.98. The highest BCUT2D eigenvalue weighted by atomic mass is 16.8. The largest absolute Gasteiger partial charge is 0.508 e. The molecule has 4 nitrogen and oxygen atoms in total. The second-order valence-electron chi connectivity index (χ2n) is 1.47. The molecule has 0 spiro atoms. The Bertz CT molecular complexity index is 100. The summed E-state index contributed by atoms with van der Waals surface area (Å²) in [7, 11) is 0. The van der Waals surface area contributed by atoms with Crippen LogP contribution >= 0.6 is 0 Å². The molecule has 1 rings (SSSR count). The fraction of sp³-hybridized carbons (Fsp3) is 0.750. The summed E-state index contributed by atoms with van der Waals surface area (Å²) in [5.74, 6) is 0. The highest BCUT2D eigenvalue weighted by molar-refractivity contribution is 5.61. The molecule has 4 heteroatoms. The van der Waals surface area contributed by atoms with Crippen LogP contribution in [0.15, 0.2) is 0 Å². The Hall–Kier alpha value is -0.770. The van der Waals surface area contributed by atoms with E-state index in [1.807, 2.05) is 0 Å². The van der Waals surface area contributed by atoms with Gasteiger partial charge in [0.1, 0.15) is 13.2 Å². The Balaban J connectivity index is 2.32. The van der Waals surface area contributed by atoms with Crippen LogP contribution in [-0.2, 0) is 14.6 Å².